The molecule has 0 aliphatic carbocycles. The van der Waals surface area contributed by atoms with E-state index < -0.39 is 17.8 Å². The lowest BCUT2D eigenvalue weighted by Crippen LogP contribution is -2.13. The Morgan fingerprint density at radius 2 is 1.70 bits per heavy atom. The number of nitrogens with zero attached hydrogens (tertiary/aromatic N) is 2. The molecule has 33 heavy (non-hydrogen) atoms. The van der Waals surface area contributed by atoms with Gasteiger partial charge in [0.15, 0.2) is 0 Å². The molecule has 3 N–H and O–H groups in total. The van der Waals surface area contributed by atoms with Gasteiger partial charge in [-0.15, -0.1) is 10.2 Å². The molecule has 0 aliphatic heterocycles. The van der Waals surface area contributed by atoms with Gasteiger partial charge >= 0.3 is 6.18 Å². The van der Waals surface area contributed by atoms with Crippen LogP contribution in [0.25, 0.3) is 10.6 Å². The summed E-state index contributed by atoms with van der Waals surface area (Å²) in [7, 11) is 0. The van der Waals surface area contributed by atoms with Crippen LogP contribution in [0.15, 0.2) is 48.5 Å². The monoisotopic (exact) mass is 479 g/mol. The fourth-order valence-corrected chi connectivity index (χ4v) is 4.21. The molecule has 1 atom stereocenters. The third-order valence-corrected chi connectivity index (χ3v) is 6.30. The predicted molar refractivity (Wildman–Crippen MR) is 123 cm³/mol. The predicted octanol–water partition coefficient (Wildman–Crippen LogP) is 5.79. The van der Waals surface area contributed by atoms with Crippen molar-refractivity contribution in [3.63, 3.8) is 0 Å². The van der Waals surface area contributed by atoms with E-state index >= 15 is 0 Å². The van der Waals surface area contributed by atoms with Crippen molar-refractivity contribution in [2.45, 2.75) is 50.7 Å². The molecule has 3 aromatic rings. The zero-order valence-electron chi connectivity index (χ0n) is 18.2. The van der Waals surface area contributed by atoms with Crippen molar-refractivity contribution in [3.8, 4) is 16.3 Å². The average Bonchev–Trinajstić information content (AvgIpc) is 3.31. The maximum atomic E-state index is 13.6. The van der Waals surface area contributed by atoms with E-state index in [4.69, 9.17) is 15.6 Å². The number of rotatable bonds is 12. The van der Waals surface area contributed by atoms with E-state index in [9.17, 15) is 13.2 Å². The van der Waals surface area contributed by atoms with Gasteiger partial charge in [0, 0.05) is 5.56 Å². The number of ether oxygens (including phenoxy) is 1. The molecule has 3 rings (SSSR count). The number of aromatic nitrogens is 2. The van der Waals surface area contributed by atoms with Crippen molar-refractivity contribution in [1.29, 1.82) is 0 Å². The first-order valence-corrected chi connectivity index (χ1v) is 11.8. The molecule has 9 heteroatoms. The summed E-state index contributed by atoms with van der Waals surface area (Å²) in [5.74, 6) is -0.188. The number of hydrogen-bond acceptors (Lipinski definition) is 6. The summed E-state index contributed by atoms with van der Waals surface area (Å²) in [4.78, 5) is 0. The number of benzene rings is 2. The van der Waals surface area contributed by atoms with Gasteiger partial charge in [0.2, 0.25) is 0 Å². The molecule has 0 bridgehead atoms. The minimum absolute atomic E-state index is 0.188. The van der Waals surface area contributed by atoms with Gasteiger partial charge < -0.3 is 15.6 Å². The smallest absolute Gasteiger partial charge is 0.419 e. The maximum Gasteiger partial charge on any atom is 0.419 e. The summed E-state index contributed by atoms with van der Waals surface area (Å²) < 4.78 is 46.3. The molecule has 0 saturated carbocycles. The zero-order chi connectivity index (χ0) is 23.7. The largest absolute Gasteiger partial charge is 0.493 e. The molecule has 0 fully saturated rings. The van der Waals surface area contributed by atoms with Crippen molar-refractivity contribution in [3.05, 3.63) is 64.7 Å². The number of aliphatic hydroxyl groups is 1. The third-order valence-electron chi connectivity index (χ3n) is 5.20. The molecule has 178 valence electrons. The van der Waals surface area contributed by atoms with E-state index in [1.165, 1.54) is 17.7 Å². The topological polar surface area (TPSA) is 81.3 Å². The normalized spacial score (nSPS) is 12.6. The molecule has 1 aromatic heterocycles. The number of nitrogens with two attached hydrogens (primary N) is 1. The van der Waals surface area contributed by atoms with E-state index in [1.54, 1.807) is 0 Å². The Bertz CT molecular complexity index is 996. The zero-order valence-corrected chi connectivity index (χ0v) is 19.0. The lowest BCUT2D eigenvalue weighted by Gasteiger charge is -2.15. The number of aliphatic hydroxyl groups excluding tert-OH is 1. The van der Waals surface area contributed by atoms with Crippen LogP contribution < -0.4 is 10.5 Å². The van der Waals surface area contributed by atoms with E-state index in [-0.39, 0.29) is 24.5 Å². The number of aryl methyl sites for hydroxylation is 1. The maximum absolute atomic E-state index is 13.6. The van der Waals surface area contributed by atoms with Crippen molar-refractivity contribution < 1.29 is 23.0 Å². The Kier molecular flexibility index (Phi) is 9.22. The SMILES string of the molecule is NC(CO)c1nnc(-c2ccc(OCCCCCCCc3ccccc3)c(C(F)(F)F)c2)s1. The summed E-state index contributed by atoms with van der Waals surface area (Å²) in [6.45, 7) is -0.0857. The molecule has 2 aromatic carbocycles. The summed E-state index contributed by atoms with van der Waals surface area (Å²) in [5, 5.41) is 17.6. The van der Waals surface area contributed by atoms with Crippen LogP contribution in [-0.4, -0.2) is 28.5 Å². The number of alkyl halides is 3. The van der Waals surface area contributed by atoms with Crippen LogP contribution in [-0.2, 0) is 12.6 Å². The van der Waals surface area contributed by atoms with Crippen LogP contribution in [0.5, 0.6) is 5.75 Å². The summed E-state index contributed by atoms with van der Waals surface area (Å²) in [6.07, 6.45) is 1.30. The molecule has 1 unspecified atom stereocenters. The first-order chi connectivity index (χ1) is 15.9. The van der Waals surface area contributed by atoms with Gasteiger partial charge in [0.05, 0.1) is 24.8 Å². The molecule has 0 radical (unpaired) electrons. The van der Waals surface area contributed by atoms with Crippen LogP contribution in [0.4, 0.5) is 13.2 Å². The van der Waals surface area contributed by atoms with Gasteiger partial charge in [0.25, 0.3) is 0 Å². The number of halogens is 3. The highest BCUT2D eigenvalue weighted by atomic mass is 32.1. The van der Waals surface area contributed by atoms with E-state index in [2.05, 4.69) is 22.3 Å². The van der Waals surface area contributed by atoms with Gasteiger partial charge in [-0.2, -0.15) is 13.2 Å². The third kappa shape index (κ3) is 7.52. The summed E-state index contributed by atoms with van der Waals surface area (Å²) >= 11 is 1.06. The van der Waals surface area contributed by atoms with Crippen molar-refractivity contribution in [1.82, 2.24) is 10.2 Å². The van der Waals surface area contributed by atoms with Gasteiger partial charge in [-0.1, -0.05) is 60.9 Å². The Morgan fingerprint density at radius 3 is 2.42 bits per heavy atom. The highest BCUT2D eigenvalue weighted by Crippen LogP contribution is 2.39. The van der Waals surface area contributed by atoms with E-state index in [0.717, 1.165) is 49.5 Å². The van der Waals surface area contributed by atoms with Gasteiger partial charge in [-0.25, -0.2) is 0 Å². The second kappa shape index (κ2) is 12.1. The van der Waals surface area contributed by atoms with Crippen molar-refractivity contribution in [2.75, 3.05) is 13.2 Å². The molecular formula is C24H28F3N3O2S. The summed E-state index contributed by atoms with van der Waals surface area (Å²) in [6, 6.07) is 13.5. The fraction of sp³-hybridized carbons (Fsp3) is 0.417. The Labute approximate surface area is 195 Å². The quantitative estimate of drug-likeness (QED) is 0.322. The lowest BCUT2D eigenvalue weighted by molar-refractivity contribution is -0.138. The van der Waals surface area contributed by atoms with Crippen molar-refractivity contribution >= 4 is 11.3 Å². The van der Waals surface area contributed by atoms with E-state index in [1.807, 2.05) is 18.2 Å². The van der Waals surface area contributed by atoms with Crippen LogP contribution in [0.3, 0.4) is 0 Å². The molecule has 0 amide bonds. The number of unbranched alkanes of at least 4 members (excludes halogenated alkanes) is 4. The Hall–Kier alpha value is -2.49. The Morgan fingerprint density at radius 1 is 0.970 bits per heavy atom. The van der Waals surface area contributed by atoms with Crippen molar-refractivity contribution in [2.24, 2.45) is 5.73 Å². The molecule has 1 heterocycles. The Balaban J connectivity index is 1.50. The minimum Gasteiger partial charge on any atom is -0.493 e. The van der Waals surface area contributed by atoms with Gasteiger partial charge in [-0.05, 0) is 43.0 Å². The first kappa shape index (κ1) is 25.1. The van der Waals surface area contributed by atoms with Crippen LogP contribution >= 0.6 is 11.3 Å². The molecular weight excluding hydrogens is 451 g/mol. The highest BCUT2D eigenvalue weighted by Gasteiger charge is 2.35. The van der Waals surface area contributed by atoms with Crippen LogP contribution in [0.2, 0.25) is 0 Å². The van der Waals surface area contributed by atoms with E-state index in [0.29, 0.717) is 16.4 Å². The molecule has 0 saturated heterocycles. The standard InChI is InChI=1S/C24H28F3N3O2S/c25-24(26,27)19-15-18(22-29-30-23(33-22)20(28)16-31)12-13-21(19)32-14-8-3-1-2-5-9-17-10-6-4-7-11-17/h4,6-7,10-13,15,20,31H,1-3,5,8-9,14,16,28H2. The average molecular weight is 480 g/mol. The first-order valence-electron chi connectivity index (χ1n) is 11.0. The van der Waals surface area contributed by atoms with Gasteiger partial charge in [0.1, 0.15) is 15.8 Å². The molecule has 0 spiro atoms. The minimum atomic E-state index is -4.56. The molecule has 5 nitrogen and oxygen atoms in total. The van der Waals surface area contributed by atoms with Crippen LogP contribution in [0, 0.1) is 0 Å². The van der Waals surface area contributed by atoms with Crippen LogP contribution in [0.1, 0.15) is 54.3 Å². The van der Waals surface area contributed by atoms with Gasteiger partial charge in [-0.3, -0.25) is 0 Å². The summed E-state index contributed by atoms with van der Waals surface area (Å²) in [5.41, 5.74) is 6.46. The second-order valence-electron chi connectivity index (χ2n) is 7.80. The fourth-order valence-electron chi connectivity index (χ4n) is 3.38. The highest BCUT2D eigenvalue weighted by molar-refractivity contribution is 7.14. The number of hydrogen-bond donors (Lipinski definition) is 2. The molecule has 0 aliphatic rings. The second-order valence-corrected chi connectivity index (χ2v) is 8.80. The lowest BCUT2D eigenvalue weighted by atomic mass is 10.1.